The Kier molecular flexibility index (Phi) is 3.29. The van der Waals surface area contributed by atoms with Crippen molar-refractivity contribution >= 4 is 5.97 Å². The largest absolute Gasteiger partial charge is 0.478 e. The van der Waals surface area contributed by atoms with Gasteiger partial charge in [-0.3, -0.25) is 0 Å². The van der Waals surface area contributed by atoms with Crippen LogP contribution >= 0.6 is 0 Å². The topological polar surface area (TPSA) is 37.3 Å². The third kappa shape index (κ3) is 2.31. The van der Waals surface area contributed by atoms with Crippen molar-refractivity contribution in [3.8, 4) is 11.1 Å². The summed E-state index contributed by atoms with van der Waals surface area (Å²) in [5.74, 6) is -4.17. The molecule has 0 bridgehead atoms. The molecule has 0 fully saturated rings. The highest BCUT2D eigenvalue weighted by atomic mass is 19.1. The lowest BCUT2D eigenvalue weighted by atomic mass is 9.99. The highest BCUT2D eigenvalue weighted by Crippen LogP contribution is 2.29. The monoisotopic (exact) mass is 266 g/mol. The number of halogens is 3. The lowest BCUT2D eigenvalue weighted by molar-refractivity contribution is 0.0692. The summed E-state index contributed by atoms with van der Waals surface area (Å²) in [6.45, 7) is 1.41. The highest BCUT2D eigenvalue weighted by molar-refractivity contribution is 5.90. The van der Waals surface area contributed by atoms with E-state index < -0.39 is 29.0 Å². The van der Waals surface area contributed by atoms with Crippen LogP contribution in [0.1, 0.15) is 15.9 Å². The van der Waals surface area contributed by atoms with Gasteiger partial charge in [0.05, 0.1) is 5.56 Å². The maximum absolute atomic E-state index is 14.0. The number of carbonyl (C=O) groups is 1. The van der Waals surface area contributed by atoms with Gasteiger partial charge in [-0.2, -0.15) is 0 Å². The van der Waals surface area contributed by atoms with E-state index in [1.165, 1.54) is 19.1 Å². The van der Waals surface area contributed by atoms with E-state index in [4.69, 9.17) is 5.11 Å². The van der Waals surface area contributed by atoms with E-state index in [9.17, 15) is 18.0 Å². The molecule has 0 aliphatic carbocycles. The van der Waals surface area contributed by atoms with Gasteiger partial charge in [0.1, 0.15) is 17.5 Å². The zero-order chi connectivity index (χ0) is 14.2. The van der Waals surface area contributed by atoms with E-state index in [1.54, 1.807) is 0 Å². The molecule has 19 heavy (non-hydrogen) atoms. The second kappa shape index (κ2) is 4.76. The van der Waals surface area contributed by atoms with Crippen LogP contribution in [0.3, 0.4) is 0 Å². The summed E-state index contributed by atoms with van der Waals surface area (Å²) in [6.07, 6.45) is 0. The van der Waals surface area contributed by atoms with Crippen LogP contribution in [0, 0.1) is 24.4 Å². The Balaban J connectivity index is 2.69. The third-order valence-corrected chi connectivity index (χ3v) is 2.77. The van der Waals surface area contributed by atoms with Gasteiger partial charge in [0, 0.05) is 17.2 Å². The highest BCUT2D eigenvalue weighted by Gasteiger charge is 2.18. The summed E-state index contributed by atoms with van der Waals surface area (Å²) in [5.41, 5.74) is -0.782. The maximum atomic E-state index is 14.0. The zero-order valence-electron chi connectivity index (χ0n) is 9.88. The van der Waals surface area contributed by atoms with Gasteiger partial charge in [-0.1, -0.05) is 12.1 Å². The lowest BCUT2D eigenvalue weighted by Gasteiger charge is -2.08. The standard InChI is InChI=1S/C14H9F3O2/c1-7-5-10(12(16)6-11(7)15)8-3-2-4-9(13(8)17)14(18)19/h2-6H,1H3,(H,18,19). The summed E-state index contributed by atoms with van der Waals surface area (Å²) < 4.78 is 40.8. The first-order valence-electron chi connectivity index (χ1n) is 5.39. The van der Waals surface area contributed by atoms with Crippen LogP contribution < -0.4 is 0 Å². The second-order valence-electron chi connectivity index (χ2n) is 4.05. The fourth-order valence-electron chi connectivity index (χ4n) is 1.77. The van der Waals surface area contributed by atoms with Crippen molar-refractivity contribution in [2.75, 3.05) is 0 Å². The van der Waals surface area contributed by atoms with E-state index in [-0.39, 0.29) is 16.7 Å². The van der Waals surface area contributed by atoms with Gasteiger partial charge in [0.25, 0.3) is 0 Å². The van der Waals surface area contributed by atoms with Crippen LogP contribution in [0.5, 0.6) is 0 Å². The van der Waals surface area contributed by atoms with Crippen LogP contribution in [-0.2, 0) is 0 Å². The van der Waals surface area contributed by atoms with Gasteiger partial charge in [-0.15, -0.1) is 0 Å². The number of hydrogen-bond donors (Lipinski definition) is 1. The van der Waals surface area contributed by atoms with Crippen LogP contribution in [0.2, 0.25) is 0 Å². The molecule has 5 heteroatoms. The first-order valence-corrected chi connectivity index (χ1v) is 5.39. The summed E-state index contributed by atoms with van der Waals surface area (Å²) in [4.78, 5) is 10.8. The average molecular weight is 266 g/mol. The number of benzene rings is 2. The quantitative estimate of drug-likeness (QED) is 0.898. The molecule has 2 aromatic carbocycles. The molecule has 0 aliphatic rings. The molecule has 98 valence electrons. The van der Waals surface area contributed by atoms with Gasteiger partial charge >= 0.3 is 5.97 Å². The SMILES string of the molecule is Cc1cc(-c2cccc(C(=O)O)c2F)c(F)cc1F. The van der Waals surface area contributed by atoms with E-state index in [2.05, 4.69) is 0 Å². The molecule has 0 atom stereocenters. The molecule has 1 N–H and O–H groups in total. The normalized spacial score (nSPS) is 10.5. The van der Waals surface area contributed by atoms with Crippen LogP contribution in [0.4, 0.5) is 13.2 Å². The molecule has 0 aromatic heterocycles. The Bertz CT molecular complexity index is 666. The van der Waals surface area contributed by atoms with E-state index >= 15 is 0 Å². The molecule has 0 saturated heterocycles. The first-order chi connectivity index (χ1) is 8.91. The predicted molar refractivity (Wildman–Crippen MR) is 63.4 cm³/mol. The Morgan fingerprint density at radius 3 is 2.37 bits per heavy atom. The van der Waals surface area contributed by atoms with Crippen LogP contribution in [0.25, 0.3) is 11.1 Å². The minimum atomic E-state index is -1.45. The number of hydrogen-bond acceptors (Lipinski definition) is 1. The Labute approximate surface area is 107 Å². The fraction of sp³-hybridized carbons (Fsp3) is 0.0714. The minimum Gasteiger partial charge on any atom is -0.478 e. The van der Waals surface area contributed by atoms with Crippen molar-refractivity contribution in [1.82, 2.24) is 0 Å². The van der Waals surface area contributed by atoms with Crippen molar-refractivity contribution in [2.24, 2.45) is 0 Å². The summed E-state index contributed by atoms with van der Waals surface area (Å²) in [5, 5.41) is 8.81. The molecule has 0 radical (unpaired) electrons. The number of carboxylic acid groups (broad SMARTS) is 1. The van der Waals surface area contributed by atoms with Gasteiger partial charge in [0.2, 0.25) is 0 Å². The lowest BCUT2D eigenvalue weighted by Crippen LogP contribution is -2.02. The third-order valence-electron chi connectivity index (χ3n) is 2.77. The predicted octanol–water partition coefficient (Wildman–Crippen LogP) is 3.78. The molecule has 2 aromatic rings. The van der Waals surface area contributed by atoms with Crippen molar-refractivity contribution in [1.29, 1.82) is 0 Å². The zero-order valence-corrected chi connectivity index (χ0v) is 9.88. The molecule has 0 heterocycles. The Morgan fingerprint density at radius 2 is 1.74 bits per heavy atom. The average Bonchev–Trinajstić information content (AvgIpc) is 2.34. The van der Waals surface area contributed by atoms with Gasteiger partial charge in [0.15, 0.2) is 0 Å². The number of rotatable bonds is 2. The molecule has 0 aliphatic heterocycles. The molecular formula is C14H9F3O2. The van der Waals surface area contributed by atoms with E-state index in [1.807, 2.05) is 0 Å². The van der Waals surface area contributed by atoms with Gasteiger partial charge < -0.3 is 5.11 Å². The summed E-state index contributed by atoms with van der Waals surface area (Å²) >= 11 is 0. The fourth-order valence-corrected chi connectivity index (χ4v) is 1.77. The Hall–Kier alpha value is -2.30. The first kappa shape index (κ1) is 13.1. The summed E-state index contributed by atoms with van der Waals surface area (Å²) in [7, 11) is 0. The maximum Gasteiger partial charge on any atom is 0.338 e. The van der Waals surface area contributed by atoms with Crippen molar-refractivity contribution in [3.05, 3.63) is 58.9 Å². The second-order valence-corrected chi connectivity index (χ2v) is 4.05. The smallest absolute Gasteiger partial charge is 0.338 e. The number of aromatic carboxylic acids is 1. The van der Waals surface area contributed by atoms with E-state index in [0.717, 1.165) is 12.1 Å². The van der Waals surface area contributed by atoms with E-state index in [0.29, 0.717) is 6.07 Å². The molecule has 0 spiro atoms. The van der Waals surface area contributed by atoms with Crippen LogP contribution in [0.15, 0.2) is 30.3 Å². The Morgan fingerprint density at radius 1 is 1.05 bits per heavy atom. The molecule has 0 amide bonds. The van der Waals surface area contributed by atoms with Gasteiger partial charge in [-0.05, 0) is 24.6 Å². The minimum absolute atomic E-state index is 0.150. The van der Waals surface area contributed by atoms with Crippen LogP contribution in [-0.4, -0.2) is 11.1 Å². The summed E-state index contributed by atoms with van der Waals surface area (Å²) in [6, 6.07) is 5.43. The molecular weight excluding hydrogens is 257 g/mol. The van der Waals surface area contributed by atoms with Crippen molar-refractivity contribution < 1.29 is 23.1 Å². The van der Waals surface area contributed by atoms with Crippen molar-refractivity contribution in [2.45, 2.75) is 6.92 Å². The number of aryl methyl sites for hydroxylation is 1. The molecule has 0 unspecified atom stereocenters. The molecule has 2 nitrogen and oxygen atoms in total. The molecule has 0 saturated carbocycles. The molecule has 2 rings (SSSR count). The number of carboxylic acids is 1. The van der Waals surface area contributed by atoms with Gasteiger partial charge in [-0.25, -0.2) is 18.0 Å². The van der Waals surface area contributed by atoms with Crippen molar-refractivity contribution in [3.63, 3.8) is 0 Å².